The van der Waals surface area contributed by atoms with Gasteiger partial charge in [0.25, 0.3) is 0 Å². The lowest BCUT2D eigenvalue weighted by atomic mass is 9.47. The largest absolute Gasteiger partial charge is 0.224 e. The zero-order valence-corrected chi connectivity index (χ0v) is 14.2. The highest BCUT2D eigenvalue weighted by molar-refractivity contribution is 7.91. The molecule has 4 bridgehead atoms. The maximum Gasteiger partial charge on any atom is 0.178 e. The first-order valence-electron chi connectivity index (χ1n) is 8.75. The van der Waals surface area contributed by atoms with E-state index in [1.807, 2.05) is 18.2 Å². The van der Waals surface area contributed by atoms with Gasteiger partial charge in [0.05, 0.1) is 10.6 Å². The van der Waals surface area contributed by atoms with Gasteiger partial charge in [0.15, 0.2) is 9.84 Å². The summed E-state index contributed by atoms with van der Waals surface area (Å²) < 4.78 is 25.5. The molecule has 3 heteroatoms. The van der Waals surface area contributed by atoms with Gasteiger partial charge in [0, 0.05) is 0 Å². The van der Waals surface area contributed by atoms with Crippen LogP contribution in [0.3, 0.4) is 0 Å². The Balaban J connectivity index is 1.56. The average Bonchev–Trinajstić information content (AvgIpc) is 2.46. The summed E-state index contributed by atoms with van der Waals surface area (Å²) in [7, 11) is -3.15. The van der Waals surface area contributed by atoms with E-state index in [9.17, 15) is 8.42 Å². The summed E-state index contributed by atoms with van der Waals surface area (Å²) >= 11 is 0. The number of hydrogen-bond acceptors (Lipinski definition) is 2. The van der Waals surface area contributed by atoms with Gasteiger partial charge >= 0.3 is 0 Å². The molecule has 0 aliphatic heterocycles. The van der Waals surface area contributed by atoms with Crippen molar-refractivity contribution >= 4 is 9.84 Å². The molecule has 1 aromatic carbocycles. The molecule has 0 aromatic heterocycles. The molecule has 1 unspecified atom stereocenters. The van der Waals surface area contributed by atoms with Crippen molar-refractivity contribution in [3.8, 4) is 0 Å². The molecule has 0 heterocycles. The van der Waals surface area contributed by atoms with Crippen LogP contribution in [-0.2, 0) is 9.84 Å². The molecular formula is C19H26O2S. The Labute approximate surface area is 134 Å². The van der Waals surface area contributed by atoms with Crippen molar-refractivity contribution in [2.45, 2.75) is 50.3 Å². The topological polar surface area (TPSA) is 34.1 Å². The predicted octanol–water partition coefficient (Wildman–Crippen LogP) is 4.31. The molecule has 0 radical (unpaired) electrons. The molecule has 4 aliphatic carbocycles. The molecule has 0 amide bonds. The summed E-state index contributed by atoms with van der Waals surface area (Å²) in [5, 5.41) is 0. The highest BCUT2D eigenvalue weighted by Crippen LogP contribution is 2.62. The van der Waals surface area contributed by atoms with Crippen molar-refractivity contribution in [1.82, 2.24) is 0 Å². The minimum absolute atomic E-state index is 0.283. The fourth-order valence-corrected chi connectivity index (χ4v) is 7.79. The van der Waals surface area contributed by atoms with Crippen LogP contribution < -0.4 is 0 Å². The first-order valence-corrected chi connectivity index (χ1v) is 10.4. The third kappa shape index (κ3) is 2.42. The van der Waals surface area contributed by atoms with Gasteiger partial charge < -0.3 is 0 Å². The van der Waals surface area contributed by atoms with Crippen LogP contribution >= 0.6 is 0 Å². The Morgan fingerprint density at radius 1 is 1.00 bits per heavy atom. The van der Waals surface area contributed by atoms with Gasteiger partial charge in [-0.15, -0.1) is 0 Å². The average molecular weight is 318 g/mol. The Bertz CT molecular complexity index is 612. The molecule has 0 spiro atoms. The van der Waals surface area contributed by atoms with Crippen molar-refractivity contribution in [3.63, 3.8) is 0 Å². The van der Waals surface area contributed by atoms with Crippen molar-refractivity contribution in [3.05, 3.63) is 30.3 Å². The Hall–Kier alpha value is -0.830. The lowest BCUT2D eigenvalue weighted by Crippen LogP contribution is -2.50. The summed E-state index contributed by atoms with van der Waals surface area (Å²) in [4.78, 5) is 0.492. The first kappa shape index (κ1) is 14.7. The van der Waals surface area contributed by atoms with Crippen LogP contribution in [-0.4, -0.2) is 14.2 Å². The van der Waals surface area contributed by atoms with Gasteiger partial charge in [-0.05, 0) is 79.7 Å². The fraction of sp³-hybridized carbons (Fsp3) is 0.684. The molecule has 1 atom stereocenters. The SMILES string of the molecule is CC(CS(=O)(=O)c1ccccc1)C12CC3CC(CC(C3)C1)C2. The van der Waals surface area contributed by atoms with Gasteiger partial charge in [0.2, 0.25) is 0 Å². The van der Waals surface area contributed by atoms with Crippen LogP contribution in [0.2, 0.25) is 0 Å². The summed E-state index contributed by atoms with van der Waals surface area (Å²) in [6.07, 6.45) is 8.09. The Morgan fingerprint density at radius 3 is 2.00 bits per heavy atom. The quantitative estimate of drug-likeness (QED) is 0.829. The zero-order chi connectivity index (χ0) is 15.4. The van der Waals surface area contributed by atoms with Crippen LogP contribution in [0.15, 0.2) is 35.2 Å². The third-order valence-corrected chi connectivity index (χ3v) is 8.63. The smallest absolute Gasteiger partial charge is 0.178 e. The van der Waals surface area contributed by atoms with E-state index in [1.165, 1.54) is 38.5 Å². The molecule has 4 saturated carbocycles. The van der Waals surface area contributed by atoms with Gasteiger partial charge in [-0.1, -0.05) is 25.1 Å². The third-order valence-electron chi connectivity index (χ3n) is 6.70. The second kappa shape index (κ2) is 5.09. The molecule has 0 saturated heterocycles. The number of benzene rings is 1. The molecule has 120 valence electrons. The van der Waals surface area contributed by atoms with E-state index in [2.05, 4.69) is 6.92 Å². The van der Waals surface area contributed by atoms with E-state index in [0.717, 1.165) is 17.8 Å². The lowest BCUT2D eigenvalue weighted by molar-refractivity contribution is -0.0781. The number of rotatable bonds is 4. The van der Waals surface area contributed by atoms with Crippen molar-refractivity contribution in [1.29, 1.82) is 0 Å². The van der Waals surface area contributed by atoms with Crippen LogP contribution in [0.4, 0.5) is 0 Å². The molecule has 4 fully saturated rings. The Kier molecular flexibility index (Phi) is 3.41. The lowest BCUT2D eigenvalue weighted by Gasteiger charge is -2.59. The summed E-state index contributed by atoms with van der Waals surface area (Å²) in [5.41, 5.74) is 0.316. The number of sulfone groups is 1. The molecule has 2 nitrogen and oxygen atoms in total. The fourth-order valence-electron chi connectivity index (χ4n) is 6.01. The summed E-state index contributed by atoms with van der Waals surface area (Å²) in [6.45, 7) is 2.20. The molecule has 0 N–H and O–H groups in total. The summed E-state index contributed by atoms with van der Waals surface area (Å²) in [5.74, 6) is 3.25. The first-order chi connectivity index (χ1) is 10.5. The minimum Gasteiger partial charge on any atom is -0.224 e. The zero-order valence-electron chi connectivity index (χ0n) is 13.4. The van der Waals surface area contributed by atoms with E-state index in [-0.39, 0.29) is 5.92 Å². The van der Waals surface area contributed by atoms with Crippen LogP contribution in [0.25, 0.3) is 0 Å². The standard InChI is InChI=1S/C19H26O2S/c1-14(13-22(20,21)18-5-3-2-4-6-18)19-10-15-7-16(11-19)9-17(8-15)12-19/h2-6,14-17H,7-13H2,1H3. The van der Waals surface area contributed by atoms with Crippen molar-refractivity contribution < 1.29 is 8.42 Å². The van der Waals surface area contributed by atoms with Crippen LogP contribution in [0.5, 0.6) is 0 Å². The Morgan fingerprint density at radius 2 is 1.50 bits per heavy atom. The van der Waals surface area contributed by atoms with E-state index in [4.69, 9.17) is 0 Å². The van der Waals surface area contributed by atoms with Gasteiger partial charge in [-0.2, -0.15) is 0 Å². The highest BCUT2D eigenvalue weighted by Gasteiger charge is 2.53. The molecular weight excluding hydrogens is 292 g/mol. The molecule has 1 aromatic rings. The predicted molar refractivity (Wildman–Crippen MR) is 88.3 cm³/mol. The van der Waals surface area contributed by atoms with Crippen LogP contribution in [0.1, 0.15) is 45.4 Å². The van der Waals surface area contributed by atoms with Gasteiger partial charge in [-0.3, -0.25) is 0 Å². The second-order valence-corrected chi connectivity index (χ2v) is 10.3. The van der Waals surface area contributed by atoms with E-state index >= 15 is 0 Å². The van der Waals surface area contributed by atoms with Crippen molar-refractivity contribution in [2.75, 3.05) is 5.75 Å². The van der Waals surface area contributed by atoms with Crippen LogP contribution in [0, 0.1) is 29.1 Å². The van der Waals surface area contributed by atoms with E-state index in [0.29, 0.717) is 16.1 Å². The van der Waals surface area contributed by atoms with Gasteiger partial charge in [0.1, 0.15) is 0 Å². The van der Waals surface area contributed by atoms with E-state index in [1.54, 1.807) is 12.1 Å². The van der Waals surface area contributed by atoms with E-state index < -0.39 is 9.84 Å². The molecule has 22 heavy (non-hydrogen) atoms. The highest BCUT2D eigenvalue weighted by atomic mass is 32.2. The maximum absolute atomic E-state index is 12.7. The minimum atomic E-state index is -3.15. The molecule has 5 rings (SSSR count). The normalized spacial score (nSPS) is 38.1. The monoisotopic (exact) mass is 318 g/mol. The maximum atomic E-state index is 12.7. The number of hydrogen-bond donors (Lipinski definition) is 0. The van der Waals surface area contributed by atoms with Crippen molar-refractivity contribution in [2.24, 2.45) is 29.1 Å². The second-order valence-electron chi connectivity index (χ2n) is 8.28. The molecule has 4 aliphatic rings. The summed E-state index contributed by atoms with van der Waals surface area (Å²) in [6, 6.07) is 9.00. The van der Waals surface area contributed by atoms with Gasteiger partial charge in [-0.25, -0.2) is 8.42 Å².